The van der Waals surface area contributed by atoms with Gasteiger partial charge in [-0.1, -0.05) is 12.1 Å². The minimum absolute atomic E-state index is 0.625. The molecule has 3 nitrogen and oxygen atoms in total. The van der Waals surface area contributed by atoms with Gasteiger partial charge in [0.15, 0.2) is 0 Å². The van der Waals surface area contributed by atoms with Crippen molar-refractivity contribution in [3.05, 3.63) is 53.6 Å². The molecule has 0 aliphatic carbocycles. The van der Waals surface area contributed by atoms with Crippen molar-refractivity contribution in [1.82, 2.24) is 0 Å². The van der Waals surface area contributed by atoms with Crippen molar-refractivity contribution < 1.29 is 14.2 Å². The van der Waals surface area contributed by atoms with Crippen molar-refractivity contribution in [1.29, 1.82) is 0 Å². The van der Waals surface area contributed by atoms with Crippen LogP contribution in [0, 0.1) is 13.8 Å². The van der Waals surface area contributed by atoms with Gasteiger partial charge in [-0.3, -0.25) is 0 Å². The Kier molecular flexibility index (Phi) is 6.13. The summed E-state index contributed by atoms with van der Waals surface area (Å²) < 4.78 is 16.9. The van der Waals surface area contributed by atoms with E-state index >= 15 is 0 Å². The van der Waals surface area contributed by atoms with Crippen molar-refractivity contribution >= 4 is 0 Å². The molecule has 0 radical (unpaired) electrons. The van der Waals surface area contributed by atoms with Crippen LogP contribution in [0.3, 0.4) is 0 Å². The van der Waals surface area contributed by atoms with Crippen molar-refractivity contribution in [2.75, 3.05) is 19.8 Å². The highest BCUT2D eigenvalue weighted by Gasteiger charge is 1.99. The minimum atomic E-state index is 0.625. The van der Waals surface area contributed by atoms with Crippen molar-refractivity contribution in [3.8, 4) is 17.2 Å². The Morgan fingerprint density at radius 2 is 1.36 bits per heavy atom. The number of benzene rings is 2. The number of hydrogen-bond acceptors (Lipinski definition) is 3. The standard InChI is InChI=1S/C19H24O3/c1-4-20-17-7-5-8-18(14-17)21-11-6-12-22-19-10-9-15(2)16(3)13-19/h5,7-10,13-14H,4,6,11-12H2,1-3H3. The molecule has 0 aromatic heterocycles. The van der Waals surface area contributed by atoms with Gasteiger partial charge >= 0.3 is 0 Å². The van der Waals surface area contributed by atoms with Gasteiger partial charge in [0.25, 0.3) is 0 Å². The van der Waals surface area contributed by atoms with Gasteiger partial charge in [0.2, 0.25) is 0 Å². The molecule has 118 valence electrons. The molecule has 2 aromatic rings. The summed E-state index contributed by atoms with van der Waals surface area (Å²) in [6.07, 6.45) is 0.839. The molecule has 0 saturated carbocycles. The summed E-state index contributed by atoms with van der Waals surface area (Å²) in [5.41, 5.74) is 2.53. The molecular weight excluding hydrogens is 276 g/mol. The largest absolute Gasteiger partial charge is 0.494 e. The van der Waals surface area contributed by atoms with Crippen LogP contribution in [-0.4, -0.2) is 19.8 Å². The van der Waals surface area contributed by atoms with Crippen LogP contribution < -0.4 is 14.2 Å². The van der Waals surface area contributed by atoms with Gasteiger partial charge in [-0.2, -0.15) is 0 Å². The molecular formula is C19H24O3. The minimum Gasteiger partial charge on any atom is -0.494 e. The topological polar surface area (TPSA) is 27.7 Å². The van der Waals surface area contributed by atoms with Crippen molar-refractivity contribution in [2.45, 2.75) is 27.2 Å². The van der Waals surface area contributed by atoms with E-state index in [0.717, 1.165) is 23.7 Å². The zero-order valence-electron chi connectivity index (χ0n) is 13.6. The molecule has 22 heavy (non-hydrogen) atoms. The van der Waals surface area contributed by atoms with E-state index in [9.17, 15) is 0 Å². The molecule has 0 spiro atoms. The van der Waals surface area contributed by atoms with E-state index in [1.807, 2.05) is 37.3 Å². The molecule has 0 unspecified atom stereocenters. The zero-order chi connectivity index (χ0) is 15.8. The number of ether oxygens (including phenoxy) is 3. The highest BCUT2D eigenvalue weighted by Crippen LogP contribution is 2.20. The van der Waals surface area contributed by atoms with E-state index in [-0.39, 0.29) is 0 Å². The Labute approximate surface area is 132 Å². The fourth-order valence-corrected chi connectivity index (χ4v) is 2.06. The van der Waals surface area contributed by atoms with Crippen LogP contribution >= 0.6 is 0 Å². The van der Waals surface area contributed by atoms with Gasteiger partial charge in [0, 0.05) is 12.5 Å². The van der Waals surface area contributed by atoms with E-state index in [1.165, 1.54) is 11.1 Å². The second-order valence-corrected chi connectivity index (χ2v) is 5.20. The molecule has 0 amide bonds. The molecule has 0 fully saturated rings. The molecule has 0 aliphatic rings. The first-order chi connectivity index (χ1) is 10.7. The molecule has 2 rings (SSSR count). The third-order valence-corrected chi connectivity index (χ3v) is 3.42. The van der Waals surface area contributed by atoms with Gasteiger partial charge in [-0.05, 0) is 56.2 Å². The van der Waals surface area contributed by atoms with Crippen LogP contribution in [-0.2, 0) is 0 Å². The van der Waals surface area contributed by atoms with Gasteiger partial charge in [0.05, 0.1) is 19.8 Å². The van der Waals surface area contributed by atoms with Crippen LogP contribution in [0.4, 0.5) is 0 Å². The van der Waals surface area contributed by atoms with Crippen LogP contribution in [0.1, 0.15) is 24.5 Å². The van der Waals surface area contributed by atoms with Crippen molar-refractivity contribution in [2.24, 2.45) is 0 Å². The lowest BCUT2D eigenvalue weighted by Crippen LogP contribution is -2.05. The third kappa shape index (κ3) is 4.99. The van der Waals surface area contributed by atoms with E-state index in [4.69, 9.17) is 14.2 Å². The number of aryl methyl sites for hydroxylation is 2. The van der Waals surface area contributed by atoms with Gasteiger partial charge in [-0.25, -0.2) is 0 Å². The van der Waals surface area contributed by atoms with E-state index in [0.29, 0.717) is 19.8 Å². The summed E-state index contributed by atoms with van der Waals surface area (Å²) in [5, 5.41) is 0. The van der Waals surface area contributed by atoms with Crippen molar-refractivity contribution in [3.63, 3.8) is 0 Å². The lowest BCUT2D eigenvalue weighted by Gasteiger charge is -2.10. The first kappa shape index (κ1) is 16.2. The Bertz CT molecular complexity index is 593. The zero-order valence-corrected chi connectivity index (χ0v) is 13.6. The fraction of sp³-hybridized carbons (Fsp3) is 0.368. The number of hydrogen-bond donors (Lipinski definition) is 0. The first-order valence-electron chi connectivity index (χ1n) is 7.74. The molecule has 0 aliphatic heterocycles. The summed E-state index contributed by atoms with van der Waals surface area (Å²) in [6.45, 7) is 8.10. The SMILES string of the molecule is CCOc1cccc(OCCCOc2ccc(C)c(C)c2)c1. The summed E-state index contributed by atoms with van der Waals surface area (Å²) in [5.74, 6) is 2.59. The Hall–Kier alpha value is -2.16. The maximum absolute atomic E-state index is 5.74. The summed E-state index contributed by atoms with van der Waals surface area (Å²) in [6, 6.07) is 13.9. The highest BCUT2D eigenvalue weighted by atomic mass is 16.5. The monoisotopic (exact) mass is 300 g/mol. The fourth-order valence-electron chi connectivity index (χ4n) is 2.06. The van der Waals surface area contributed by atoms with E-state index < -0.39 is 0 Å². The Morgan fingerprint density at radius 1 is 0.727 bits per heavy atom. The molecule has 0 heterocycles. The maximum atomic E-state index is 5.74. The second kappa shape index (κ2) is 8.32. The van der Waals surface area contributed by atoms with E-state index in [1.54, 1.807) is 0 Å². The molecule has 3 heteroatoms. The average molecular weight is 300 g/mol. The smallest absolute Gasteiger partial charge is 0.122 e. The van der Waals surface area contributed by atoms with E-state index in [2.05, 4.69) is 26.0 Å². The van der Waals surface area contributed by atoms with Crippen LogP contribution in [0.25, 0.3) is 0 Å². The quantitative estimate of drug-likeness (QED) is 0.669. The highest BCUT2D eigenvalue weighted by molar-refractivity contribution is 5.34. The van der Waals surface area contributed by atoms with Gasteiger partial charge in [-0.15, -0.1) is 0 Å². The average Bonchev–Trinajstić information content (AvgIpc) is 2.51. The maximum Gasteiger partial charge on any atom is 0.122 e. The molecule has 0 bridgehead atoms. The van der Waals surface area contributed by atoms with Gasteiger partial charge in [0.1, 0.15) is 17.2 Å². The predicted octanol–water partition coefficient (Wildman–Crippen LogP) is 4.55. The molecule has 0 saturated heterocycles. The Morgan fingerprint density at radius 3 is 2.00 bits per heavy atom. The Balaban J connectivity index is 1.70. The molecule has 0 N–H and O–H groups in total. The molecule has 0 atom stereocenters. The third-order valence-electron chi connectivity index (χ3n) is 3.42. The first-order valence-corrected chi connectivity index (χ1v) is 7.74. The van der Waals surface area contributed by atoms with Crippen LogP contribution in [0.5, 0.6) is 17.2 Å². The predicted molar refractivity (Wildman–Crippen MR) is 89.1 cm³/mol. The normalized spacial score (nSPS) is 10.3. The van der Waals surface area contributed by atoms with Gasteiger partial charge < -0.3 is 14.2 Å². The second-order valence-electron chi connectivity index (χ2n) is 5.20. The number of rotatable bonds is 8. The summed E-state index contributed by atoms with van der Waals surface area (Å²) in [7, 11) is 0. The summed E-state index contributed by atoms with van der Waals surface area (Å²) >= 11 is 0. The summed E-state index contributed by atoms with van der Waals surface area (Å²) in [4.78, 5) is 0. The lowest BCUT2D eigenvalue weighted by molar-refractivity contribution is 0.246. The van der Waals surface area contributed by atoms with Crippen LogP contribution in [0.15, 0.2) is 42.5 Å². The molecule has 2 aromatic carbocycles. The van der Waals surface area contributed by atoms with Crippen LogP contribution in [0.2, 0.25) is 0 Å². The lowest BCUT2D eigenvalue weighted by atomic mass is 10.1.